The largest absolute Gasteiger partial charge is 0.396 e. The van der Waals surface area contributed by atoms with Crippen molar-refractivity contribution in [1.82, 2.24) is 0 Å². The number of aliphatic hydroxyl groups excluding tert-OH is 1. The quantitative estimate of drug-likeness (QED) is 0.683. The van der Waals surface area contributed by atoms with Crippen LogP contribution in [0.15, 0.2) is 0 Å². The first-order chi connectivity index (χ1) is 6.86. The second kappa shape index (κ2) is 4.22. The van der Waals surface area contributed by atoms with Gasteiger partial charge in [0.2, 0.25) is 0 Å². The van der Waals surface area contributed by atoms with E-state index in [-0.39, 0.29) is 0 Å². The smallest absolute Gasteiger partial charge is 0.0464 e. The van der Waals surface area contributed by atoms with E-state index >= 15 is 0 Å². The summed E-state index contributed by atoms with van der Waals surface area (Å²) in [4.78, 5) is 0. The number of hydrogen-bond acceptors (Lipinski definition) is 1. The van der Waals surface area contributed by atoms with E-state index in [2.05, 4.69) is 0 Å². The summed E-state index contributed by atoms with van der Waals surface area (Å²) in [5.41, 5.74) is 0. The van der Waals surface area contributed by atoms with Crippen LogP contribution in [0.5, 0.6) is 0 Å². The van der Waals surface area contributed by atoms with Crippen LogP contribution in [0.2, 0.25) is 0 Å². The number of aliphatic hydroxyl groups is 1. The molecule has 0 radical (unpaired) electrons. The predicted molar refractivity (Wildman–Crippen MR) is 59.0 cm³/mol. The summed E-state index contributed by atoms with van der Waals surface area (Å²) < 4.78 is 0. The Hall–Kier alpha value is -0.0400. The minimum Gasteiger partial charge on any atom is -0.396 e. The molecule has 82 valence electrons. The van der Waals surface area contributed by atoms with Gasteiger partial charge in [-0.2, -0.15) is 0 Å². The fraction of sp³-hybridized carbons (Fsp3) is 1.00. The number of hydrogen-bond donors (Lipinski definition) is 1. The fourth-order valence-corrected chi connectivity index (χ4v) is 4.34. The molecule has 0 spiro atoms. The Kier molecular flexibility index (Phi) is 3.16. The molecule has 4 fully saturated rings. The first kappa shape index (κ1) is 10.5. The van der Waals surface area contributed by atoms with E-state index in [0.29, 0.717) is 12.5 Å². The van der Waals surface area contributed by atoms with Crippen LogP contribution in [-0.2, 0) is 0 Å². The average molecular weight is 196 g/mol. The molecule has 0 heterocycles. The molecule has 0 aromatic rings. The summed E-state index contributed by atoms with van der Waals surface area (Å²) in [5, 5.41) is 9.30. The molecule has 0 atom stereocenters. The highest BCUT2D eigenvalue weighted by atomic mass is 16.3. The zero-order valence-corrected chi connectivity index (χ0v) is 9.58. The lowest BCUT2D eigenvalue weighted by molar-refractivity contribution is -0.0569. The second-order valence-electron chi connectivity index (χ2n) is 5.28. The highest BCUT2D eigenvalue weighted by Gasteiger charge is 2.47. The van der Waals surface area contributed by atoms with Crippen LogP contribution >= 0.6 is 0 Å². The van der Waals surface area contributed by atoms with Crippen LogP contribution in [-0.4, -0.2) is 11.7 Å². The van der Waals surface area contributed by atoms with Crippen molar-refractivity contribution in [2.75, 3.05) is 6.61 Å². The standard InChI is InChI=1S/C11H18O.C2H6/c12-6-11-9-2-7-1-8(4-9)5-10(11)3-7;1-2/h7-12H,1-6H2;1-2H3. The lowest BCUT2D eigenvalue weighted by atomic mass is 9.52. The topological polar surface area (TPSA) is 20.2 Å². The van der Waals surface area contributed by atoms with Gasteiger partial charge < -0.3 is 5.11 Å². The second-order valence-corrected chi connectivity index (χ2v) is 5.28. The molecule has 0 aromatic carbocycles. The maximum atomic E-state index is 9.30. The molecule has 0 saturated heterocycles. The maximum absolute atomic E-state index is 9.30. The first-order valence-electron chi connectivity index (χ1n) is 6.47. The molecule has 4 saturated carbocycles. The van der Waals surface area contributed by atoms with Gasteiger partial charge in [-0.1, -0.05) is 13.8 Å². The van der Waals surface area contributed by atoms with Crippen LogP contribution in [0.3, 0.4) is 0 Å². The molecule has 1 nitrogen and oxygen atoms in total. The molecule has 4 aliphatic rings. The Morgan fingerprint density at radius 3 is 1.64 bits per heavy atom. The van der Waals surface area contributed by atoms with Crippen molar-refractivity contribution in [3.8, 4) is 0 Å². The molecule has 0 aliphatic heterocycles. The molecule has 4 bridgehead atoms. The molecule has 1 heteroatoms. The van der Waals surface area contributed by atoms with Crippen molar-refractivity contribution in [3.63, 3.8) is 0 Å². The molecule has 0 amide bonds. The molecule has 1 N–H and O–H groups in total. The minimum atomic E-state index is 0.467. The lowest BCUT2D eigenvalue weighted by Gasteiger charge is -2.54. The van der Waals surface area contributed by atoms with Crippen LogP contribution in [0.25, 0.3) is 0 Å². The lowest BCUT2D eigenvalue weighted by Crippen LogP contribution is -2.46. The van der Waals surface area contributed by atoms with E-state index in [4.69, 9.17) is 0 Å². The van der Waals surface area contributed by atoms with Gasteiger partial charge in [0.15, 0.2) is 0 Å². The highest BCUT2D eigenvalue weighted by molar-refractivity contribution is 4.97. The Morgan fingerprint density at radius 1 is 0.857 bits per heavy atom. The van der Waals surface area contributed by atoms with Gasteiger partial charge >= 0.3 is 0 Å². The van der Waals surface area contributed by atoms with Gasteiger partial charge in [-0.3, -0.25) is 0 Å². The molecule has 4 rings (SSSR count). The van der Waals surface area contributed by atoms with Crippen molar-refractivity contribution in [2.45, 2.75) is 46.0 Å². The Labute approximate surface area is 87.9 Å². The monoisotopic (exact) mass is 196 g/mol. The highest BCUT2D eigenvalue weighted by Crippen LogP contribution is 2.56. The SMILES string of the molecule is CC.OCC1C2CC3CC(C2)CC1C3. The molecular weight excluding hydrogens is 172 g/mol. The van der Waals surface area contributed by atoms with Gasteiger partial charge in [-0.15, -0.1) is 0 Å². The van der Waals surface area contributed by atoms with Crippen LogP contribution < -0.4 is 0 Å². The summed E-state index contributed by atoms with van der Waals surface area (Å²) in [7, 11) is 0. The third-order valence-electron chi connectivity index (χ3n) is 4.63. The van der Waals surface area contributed by atoms with Gasteiger partial charge in [-0.05, 0) is 61.7 Å². The van der Waals surface area contributed by atoms with Crippen molar-refractivity contribution >= 4 is 0 Å². The normalized spacial score (nSPS) is 48.6. The summed E-state index contributed by atoms with van der Waals surface area (Å²) in [5.74, 6) is 4.61. The summed E-state index contributed by atoms with van der Waals surface area (Å²) in [6, 6.07) is 0. The van der Waals surface area contributed by atoms with E-state index in [1.807, 2.05) is 13.8 Å². The van der Waals surface area contributed by atoms with E-state index in [1.165, 1.54) is 32.1 Å². The Morgan fingerprint density at radius 2 is 1.29 bits per heavy atom. The summed E-state index contributed by atoms with van der Waals surface area (Å²) >= 11 is 0. The predicted octanol–water partition coefficient (Wildman–Crippen LogP) is 3.08. The molecule has 0 aromatic heterocycles. The third-order valence-corrected chi connectivity index (χ3v) is 4.63. The molecule has 0 unspecified atom stereocenters. The van der Waals surface area contributed by atoms with Crippen LogP contribution in [0.1, 0.15) is 46.0 Å². The van der Waals surface area contributed by atoms with E-state index < -0.39 is 0 Å². The zero-order chi connectivity index (χ0) is 10.1. The molecule has 4 aliphatic carbocycles. The number of rotatable bonds is 1. The van der Waals surface area contributed by atoms with Crippen LogP contribution in [0.4, 0.5) is 0 Å². The van der Waals surface area contributed by atoms with Crippen molar-refractivity contribution in [2.24, 2.45) is 29.6 Å². The van der Waals surface area contributed by atoms with Gasteiger partial charge in [-0.25, -0.2) is 0 Å². The molecule has 14 heavy (non-hydrogen) atoms. The van der Waals surface area contributed by atoms with E-state index in [9.17, 15) is 5.11 Å². The van der Waals surface area contributed by atoms with Crippen molar-refractivity contribution in [3.05, 3.63) is 0 Å². The Balaban J connectivity index is 0.000000354. The Bertz CT molecular complexity index is 160. The van der Waals surface area contributed by atoms with Crippen molar-refractivity contribution in [1.29, 1.82) is 0 Å². The fourth-order valence-electron chi connectivity index (χ4n) is 4.34. The summed E-state index contributed by atoms with van der Waals surface area (Å²) in [6.07, 6.45) is 7.29. The zero-order valence-electron chi connectivity index (χ0n) is 9.58. The van der Waals surface area contributed by atoms with Crippen LogP contribution in [0, 0.1) is 29.6 Å². The van der Waals surface area contributed by atoms with Gasteiger partial charge in [0.05, 0.1) is 0 Å². The van der Waals surface area contributed by atoms with E-state index in [1.54, 1.807) is 0 Å². The average Bonchev–Trinajstić information content (AvgIpc) is 2.20. The van der Waals surface area contributed by atoms with E-state index in [0.717, 1.165) is 23.7 Å². The third kappa shape index (κ3) is 1.60. The summed E-state index contributed by atoms with van der Waals surface area (Å²) in [6.45, 7) is 4.47. The van der Waals surface area contributed by atoms with Crippen molar-refractivity contribution < 1.29 is 5.11 Å². The first-order valence-corrected chi connectivity index (χ1v) is 6.47. The van der Waals surface area contributed by atoms with Gasteiger partial charge in [0.1, 0.15) is 0 Å². The minimum absolute atomic E-state index is 0.467. The maximum Gasteiger partial charge on any atom is 0.0464 e. The molecular formula is C13H24O. The van der Waals surface area contributed by atoms with Gasteiger partial charge in [0, 0.05) is 6.61 Å². The van der Waals surface area contributed by atoms with Gasteiger partial charge in [0.25, 0.3) is 0 Å².